The number of primary amides is 1. The van der Waals surface area contributed by atoms with Crippen LogP contribution in [0.3, 0.4) is 0 Å². The fourth-order valence-electron chi connectivity index (χ4n) is 5.08. The zero-order valence-electron chi connectivity index (χ0n) is 20.0. The molecule has 2 aliphatic rings. The third-order valence-electron chi connectivity index (χ3n) is 7.06. The predicted molar refractivity (Wildman–Crippen MR) is 135 cm³/mol. The van der Waals surface area contributed by atoms with Crippen LogP contribution < -0.4 is 27.0 Å². The number of nitrogens with zero attached hydrogens (tertiary/aromatic N) is 5. The van der Waals surface area contributed by atoms with Crippen LogP contribution in [-0.2, 0) is 7.05 Å². The van der Waals surface area contributed by atoms with E-state index in [1.807, 2.05) is 18.3 Å². The van der Waals surface area contributed by atoms with E-state index in [-0.39, 0.29) is 17.4 Å². The summed E-state index contributed by atoms with van der Waals surface area (Å²) in [6, 6.07) is 8.33. The van der Waals surface area contributed by atoms with Crippen molar-refractivity contribution in [3.63, 3.8) is 0 Å². The Labute approximate surface area is 204 Å². The Hall–Kier alpha value is -3.66. The lowest BCUT2D eigenvalue weighted by atomic mass is 9.90. The number of aromatic nitrogens is 4. The molecule has 3 aromatic rings. The Bertz CT molecular complexity index is 1240. The minimum absolute atomic E-state index is 0.0256. The molecule has 10 nitrogen and oxygen atoms in total. The Morgan fingerprint density at radius 1 is 1.14 bits per heavy atom. The van der Waals surface area contributed by atoms with Crippen molar-refractivity contribution >= 4 is 23.2 Å². The van der Waals surface area contributed by atoms with Crippen molar-refractivity contribution in [2.45, 2.75) is 37.6 Å². The van der Waals surface area contributed by atoms with Gasteiger partial charge in [0.15, 0.2) is 11.5 Å². The third-order valence-corrected chi connectivity index (χ3v) is 7.06. The third kappa shape index (κ3) is 4.93. The SMILES string of the molecule is Cn1ccn([C@@H]2CCCN(c3cnc(C(N)=O)c(Nc4ccc(C5CCNCC5)cc4)n3)C2)c1=O. The molecule has 1 amide bonds. The average Bonchev–Trinajstić information content (AvgIpc) is 3.23. The van der Waals surface area contributed by atoms with Crippen molar-refractivity contribution in [3.05, 3.63) is 64.6 Å². The Morgan fingerprint density at radius 3 is 2.60 bits per heavy atom. The molecule has 2 aromatic heterocycles. The van der Waals surface area contributed by atoms with Gasteiger partial charge in [-0.05, 0) is 62.4 Å². The van der Waals surface area contributed by atoms with Crippen LogP contribution in [0.4, 0.5) is 17.3 Å². The molecule has 4 heterocycles. The monoisotopic (exact) mass is 476 g/mol. The van der Waals surface area contributed by atoms with Gasteiger partial charge in [-0.25, -0.2) is 14.8 Å². The molecule has 0 aliphatic carbocycles. The number of amides is 1. The maximum absolute atomic E-state index is 12.4. The quantitative estimate of drug-likeness (QED) is 0.498. The van der Waals surface area contributed by atoms with E-state index in [2.05, 4.69) is 32.7 Å². The molecule has 2 aliphatic heterocycles. The second-order valence-electron chi connectivity index (χ2n) is 9.40. The molecule has 2 fully saturated rings. The molecule has 0 saturated carbocycles. The first-order valence-electron chi connectivity index (χ1n) is 12.2. The summed E-state index contributed by atoms with van der Waals surface area (Å²) in [5, 5.41) is 6.65. The van der Waals surface area contributed by atoms with E-state index < -0.39 is 5.91 Å². The molecule has 0 spiro atoms. The molecular formula is C25H32N8O2. The number of piperidine rings is 2. The van der Waals surface area contributed by atoms with E-state index in [1.165, 1.54) is 5.56 Å². The number of carbonyl (C=O) groups excluding carboxylic acids is 1. The molecule has 4 N–H and O–H groups in total. The topological polar surface area (TPSA) is 123 Å². The predicted octanol–water partition coefficient (Wildman–Crippen LogP) is 2.13. The lowest BCUT2D eigenvalue weighted by molar-refractivity contribution is 0.0996. The fraction of sp³-hybridized carbons (Fsp3) is 0.440. The van der Waals surface area contributed by atoms with Crippen molar-refractivity contribution < 1.29 is 4.79 Å². The number of anilines is 3. The second-order valence-corrected chi connectivity index (χ2v) is 9.40. The minimum atomic E-state index is -0.634. The van der Waals surface area contributed by atoms with Crippen molar-refractivity contribution in [3.8, 4) is 0 Å². The zero-order chi connectivity index (χ0) is 24.4. The maximum Gasteiger partial charge on any atom is 0.328 e. The molecule has 184 valence electrons. The van der Waals surface area contributed by atoms with Gasteiger partial charge < -0.3 is 25.8 Å². The lowest BCUT2D eigenvalue weighted by Crippen LogP contribution is -2.40. The summed E-state index contributed by atoms with van der Waals surface area (Å²) in [5.74, 6) is 0.921. The molecule has 1 aromatic carbocycles. The zero-order valence-corrected chi connectivity index (χ0v) is 20.0. The summed E-state index contributed by atoms with van der Waals surface area (Å²) in [7, 11) is 1.75. The van der Waals surface area contributed by atoms with Gasteiger partial charge >= 0.3 is 5.69 Å². The maximum atomic E-state index is 12.4. The molecule has 0 unspecified atom stereocenters. The summed E-state index contributed by atoms with van der Waals surface area (Å²) < 4.78 is 3.36. The van der Waals surface area contributed by atoms with Crippen LogP contribution in [0.25, 0.3) is 0 Å². The van der Waals surface area contributed by atoms with E-state index in [0.29, 0.717) is 24.1 Å². The highest BCUT2D eigenvalue weighted by atomic mass is 16.2. The van der Waals surface area contributed by atoms with Gasteiger partial charge in [0.1, 0.15) is 5.82 Å². The van der Waals surface area contributed by atoms with Gasteiger partial charge in [-0.15, -0.1) is 0 Å². The number of hydrogen-bond acceptors (Lipinski definition) is 7. The smallest absolute Gasteiger partial charge is 0.328 e. The highest BCUT2D eigenvalue weighted by Gasteiger charge is 2.25. The van der Waals surface area contributed by atoms with Crippen LogP contribution in [-0.4, -0.2) is 51.2 Å². The number of imidazole rings is 1. The van der Waals surface area contributed by atoms with E-state index >= 15 is 0 Å². The number of hydrogen-bond donors (Lipinski definition) is 3. The van der Waals surface area contributed by atoms with Crippen LogP contribution in [0, 0.1) is 0 Å². The Kier molecular flexibility index (Phi) is 6.54. The first kappa shape index (κ1) is 23.1. The second kappa shape index (κ2) is 9.91. The average molecular weight is 477 g/mol. The van der Waals surface area contributed by atoms with E-state index in [4.69, 9.17) is 10.7 Å². The van der Waals surface area contributed by atoms with Gasteiger partial charge in [0, 0.05) is 38.2 Å². The number of nitrogens with one attached hydrogen (secondary N) is 2. The Balaban J connectivity index is 1.36. The van der Waals surface area contributed by atoms with Crippen molar-refractivity contribution in [2.75, 3.05) is 36.4 Å². The molecular weight excluding hydrogens is 444 g/mol. The van der Waals surface area contributed by atoms with E-state index in [9.17, 15) is 9.59 Å². The highest BCUT2D eigenvalue weighted by Crippen LogP contribution is 2.29. The number of aryl methyl sites for hydroxylation is 1. The van der Waals surface area contributed by atoms with Crippen LogP contribution in [0.5, 0.6) is 0 Å². The molecule has 0 radical (unpaired) electrons. The van der Waals surface area contributed by atoms with Crippen LogP contribution in [0.15, 0.2) is 47.7 Å². The standard InChI is InChI=1S/C25H32N8O2/c1-31-13-14-33(25(31)35)20-3-2-12-32(16-20)21-15-28-22(23(26)34)24(30-21)29-19-6-4-17(5-7-19)18-8-10-27-11-9-18/h4-7,13-15,18,20,27H,2-3,8-12,16H2,1H3,(H2,26,34)(H,29,30)/t20-/m1/s1. The van der Waals surface area contributed by atoms with E-state index in [1.54, 1.807) is 28.6 Å². The van der Waals surface area contributed by atoms with Gasteiger partial charge in [-0.1, -0.05) is 12.1 Å². The van der Waals surface area contributed by atoms with Crippen molar-refractivity contribution in [1.29, 1.82) is 0 Å². The Morgan fingerprint density at radius 2 is 1.91 bits per heavy atom. The summed E-state index contributed by atoms with van der Waals surface area (Å²) in [6.07, 6.45) is 9.31. The van der Waals surface area contributed by atoms with Crippen LogP contribution in [0.2, 0.25) is 0 Å². The summed E-state index contributed by atoms with van der Waals surface area (Å²) in [5.41, 5.74) is 7.81. The summed E-state index contributed by atoms with van der Waals surface area (Å²) in [6.45, 7) is 3.53. The molecule has 0 bridgehead atoms. The summed E-state index contributed by atoms with van der Waals surface area (Å²) in [4.78, 5) is 35.7. The fourth-order valence-corrected chi connectivity index (χ4v) is 5.08. The first-order valence-corrected chi connectivity index (χ1v) is 12.2. The first-order chi connectivity index (χ1) is 17.0. The largest absolute Gasteiger partial charge is 0.364 e. The van der Waals surface area contributed by atoms with Gasteiger partial charge in [0.25, 0.3) is 5.91 Å². The molecule has 1 atom stereocenters. The van der Waals surface area contributed by atoms with Gasteiger partial charge in [0.2, 0.25) is 0 Å². The van der Waals surface area contributed by atoms with Crippen LogP contribution in [0.1, 0.15) is 53.7 Å². The van der Waals surface area contributed by atoms with Gasteiger partial charge in [-0.2, -0.15) is 0 Å². The number of rotatable bonds is 6. The lowest BCUT2D eigenvalue weighted by Gasteiger charge is -2.33. The molecule has 2 saturated heterocycles. The molecule has 5 rings (SSSR count). The number of benzene rings is 1. The van der Waals surface area contributed by atoms with Gasteiger partial charge in [0.05, 0.1) is 12.2 Å². The summed E-state index contributed by atoms with van der Waals surface area (Å²) >= 11 is 0. The van der Waals surface area contributed by atoms with Gasteiger partial charge in [-0.3, -0.25) is 9.36 Å². The van der Waals surface area contributed by atoms with E-state index in [0.717, 1.165) is 51.0 Å². The van der Waals surface area contributed by atoms with Crippen molar-refractivity contribution in [2.24, 2.45) is 12.8 Å². The minimum Gasteiger partial charge on any atom is -0.364 e. The number of carbonyl (C=O) groups is 1. The molecule has 35 heavy (non-hydrogen) atoms. The number of nitrogens with two attached hydrogens (primary N) is 1. The molecule has 10 heteroatoms. The highest BCUT2D eigenvalue weighted by molar-refractivity contribution is 5.96. The normalized spacial score (nSPS) is 19.0. The van der Waals surface area contributed by atoms with Crippen molar-refractivity contribution in [1.82, 2.24) is 24.4 Å². The van der Waals surface area contributed by atoms with Crippen LogP contribution >= 0.6 is 0 Å².